The predicted octanol–water partition coefficient (Wildman–Crippen LogP) is 6.53. The third kappa shape index (κ3) is 8.72. The van der Waals surface area contributed by atoms with Crippen LogP contribution in [0, 0.1) is 0 Å². The Morgan fingerprint density at radius 3 is 2.22 bits per heavy atom. The third-order valence-corrected chi connectivity index (χ3v) is 5.54. The van der Waals surface area contributed by atoms with Crippen LogP contribution in [0.25, 0.3) is 6.08 Å². The van der Waals surface area contributed by atoms with Crippen molar-refractivity contribution in [3.8, 4) is 23.0 Å². The topological polar surface area (TPSA) is 83.1 Å². The Balaban J connectivity index is 1.52. The fourth-order valence-electron chi connectivity index (χ4n) is 3.48. The van der Waals surface area contributed by atoms with E-state index in [9.17, 15) is 9.59 Å². The highest BCUT2D eigenvalue weighted by atomic mass is 16.5. The van der Waals surface area contributed by atoms with Crippen LogP contribution >= 0.6 is 0 Å². The molecule has 1 amide bonds. The number of carbonyl (C=O) groups excluding carboxylic acids is 2. The van der Waals surface area contributed by atoms with E-state index < -0.39 is 5.97 Å². The lowest BCUT2D eigenvalue weighted by Crippen LogP contribution is -2.12. The maximum Gasteiger partial charge on any atom is 0.336 e. The van der Waals surface area contributed by atoms with E-state index in [1.165, 1.54) is 18.9 Å². The molecule has 1 N–H and O–H groups in total. The van der Waals surface area contributed by atoms with Crippen LogP contribution in [0.2, 0.25) is 0 Å². The number of nitrogens with one attached hydrogen (secondary N) is 1. The molecule has 37 heavy (non-hydrogen) atoms. The average molecular weight is 504 g/mol. The van der Waals surface area contributed by atoms with Crippen LogP contribution in [0.5, 0.6) is 23.0 Å². The molecule has 7 nitrogen and oxygen atoms in total. The van der Waals surface area contributed by atoms with Gasteiger partial charge in [0.2, 0.25) is 0 Å². The maximum atomic E-state index is 12.5. The molecule has 3 aromatic rings. The second kappa shape index (κ2) is 14.3. The van der Waals surface area contributed by atoms with Gasteiger partial charge in [-0.25, -0.2) is 4.79 Å². The predicted molar refractivity (Wildman–Crippen MR) is 145 cm³/mol. The van der Waals surface area contributed by atoms with E-state index in [0.717, 1.165) is 18.4 Å². The highest BCUT2D eigenvalue weighted by Crippen LogP contribution is 2.29. The minimum atomic E-state index is -0.536. The SMILES string of the molecule is CCCCCCOc1ccc(/C=C/C(=O)Oc2ccc(C(=O)Nc3ccc(OC)cc3)cc2)cc1OC. The molecule has 0 aliphatic carbocycles. The number of ether oxygens (including phenoxy) is 4. The summed E-state index contributed by atoms with van der Waals surface area (Å²) in [5.41, 5.74) is 1.86. The number of carbonyl (C=O) groups is 2. The van der Waals surface area contributed by atoms with Gasteiger partial charge in [0, 0.05) is 17.3 Å². The first-order valence-corrected chi connectivity index (χ1v) is 12.3. The first-order valence-electron chi connectivity index (χ1n) is 12.3. The number of hydrogen-bond acceptors (Lipinski definition) is 6. The number of unbranched alkanes of at least 4 members (excludes halogenated alkanes) is 3. The fraction of sp³-hybridized carbons (Fsp3) is 0.267. The highest BCUT2D eigenvalue weighted by molar-refractivity contribution is 6.04. The van der Waals surface area contributed by atoms with E-state index in [-0.39, 0.29) is 5.91 Å². The van der Waals surface area contributed by atoms with E-state index >= 15 is 0 Å². The van der Waals surface area contributed by atoms with Crippen LogP contribution in [0.3, 0.4) is 0 Å². The molecule has 0 atom stereocenters. The van der Waals surface area contributed by atoms with Gasteiger partial charge < -0.3 is 24.3 Å². The minimum absolute atomic E-state index is 0.273. The summed E-state index contributed by atoms with van der Waals surface area (Å²) in [4.78, 5) is 24.7. The van der Waals surface area contributed by atoms with Crippen LogP contribution in [0.15, 0.2) is 72.8 Å². The molecule has 0 spiro atoms. The van der Waals surface area contributed by atoms with E-state index in [1.54, 1.807) is 74.9 Å². The molecular formula is C30H33NO6. The van der Waals surface area contributed by atoms with Crippen molar-refractivity contribution in [2.24, 2.45) is 0 Å². The average Bonchev–Trinajstić information content (AvgIpc) is 2.93. The summed E-state index contributed by atoms with van der Waals surface area (Å²) in [6, 6.07) is 18.9. The lowest BCUT2D eigenvalue weighted by atomic mass is 10.2. The summed E-state index contributed by atoms with van der Waals surface area (Å²) < 4.78 is 21.7. The highest BCUT2D eigenvalue weighted by Gasteiger charge is 2.09. The Morgan fingerprint density at radius 1 is 0.811 bits per heavy atom. The van der Waals surface area contributed by atoms with Crippen molar-refractivity contribution in [1.82, 2.24) is 0 Å². The lowest BCUT2D eigenvalue weighted by molar-refractivity contribution is -0.128. The molecule has 3 aromatic carbocycles. The number of rotatable bonds is 13. The van der Waals surface area contributed by atoms with Crippen molar-refractivity contribution in [3.05, 3.63) is 83.9 Å². The summed E-state index contributed by atoms with van der Waals surface area (Å²) in [7, 11) is 3.17. The van der Waals surface area contributed by atoms with E-state index in [2.05, 4.69) is 12.2 Å². The molecule has 3 rings (SSSR count). The monoisotopic (exact) mass is 503 g/mol. The van der Waals surface area contributed by atoms with Crippen molar-refractivity contribution in [1.29, 1.82) is 0 Å². The molecule has 0 radical (unpaired) electrons. The molecule has 0 aliphatic rings. The Hall–Kier alpha value is -4.26. The van der Waals surface area contributed by atoms with Gasteiger partial charge >= 0.3 is 5.97 Å². The van der Waals surface area contributed by atoms with Gasteiger partial charge in [0.1, 0.15) is 11.5 Å². The second-order valence-electron chi connectivity index (χ2n) is 8.28. The minimum Gasteiger partial charge on any atom is -0.497 e. The normalized spacial score (nSPS) is 10.7. The van der Waals surface area contributed by atoms with Crippen LogP contribution in [-0.4, -0.2) is 32.7 Å². The summed E-state index contributed by atoms with van der Waals surface area (Å²) >= 11 is 0. The number of hydrogen-bond donors (Lipinski definition) is 1. The standard InChI is InChI=1S/C30H33NO6/c1-4-5-6-7-20-36-27-18-8-22(21-28(27)35-3)9-19-29(32)37-26-14-10-23(11-15-26)30(33)31-24-12-16-25(34-2)17-13-24/h8-19,21H,4-7,20H2,1-3H3,(H,31,33)/b19-9+. The summed E-state index contributed by atoms with van der Waals surface area (Å²) in [6.07, 6.45) is 7.50. The number of benzene rings is 3. The summed E-state index contributed by atoms with van der Waals surface area (Å²) in [6.45, 7) is 2.81. The van der Waals surface area contributed by atoms with Crippen molar-refractivity contribution < 1.29 is 28.5 Å². The number of esters is 1. The molecular weight excluding hydrogens is 470 g/mol. The first-order chi connectivity index (χ1) is 18.0. The molecule has 0 aromatic heterocycles. The van der Waals surface area contributed by atoms with Gasteiger partial charge in [-0.1, -0.05) is 32.3 Å². The number of amides is 1. The molecule has 194 valence electrons. The van der Waals surface area contributed by atoms with Gasteiger partial charge in [-0.05, 0) is 78.7 Å². The van der Waals surface area contributed by atoms with E-state index in [0.29, 0.717) is 40.9 Å². The van der Waals surface area contributed by atoms with Crippen LogP contribution in [-0.2, 0) is 4.79 Å². The summed E-state index contributed by atoms with van der Waals surface area (Å²) in [5, 5.41) is 2.81. The van der Waals surface area contributed by atoms with Gasteiger partial charge in [0.25, 0.3) is 5.91 Å². The Bertz CT molecular complexity index is 1190. The van der Waals surface area contributed by atoms with E-state index in [1.807, 2.05) is 12.1 Å². The number of methoxy groups -OCH3 is 2. The molecule has 0 bridgehead atoms. The molecule has 7 heteroatoms. The molecule has 0 aliphatic heterocycles. The maximum absolute atomic E-state index is 12.5. The van der Waals surface area contributed by atoms with Crippen molar-refractivity contribution in [2.45, 2.75) is 32.6 Å². The van der Waals surface area contributed by atoms with Crippen LogP contribution in [0.4, 0.5) is 5.69 Å². The van der Waals surface area contributed by atoms with E-state index in [4.69, 9.17) is 18.9 Å². The first kappa shape index (κ1) is 27.3. The summed E-state index contributed by atoms with van der Waals surface area (Å²) in [5.74, 6) is 1.51. The Labute approximate surface area is 218 Å². The van der Waals surface area contributed by atoms with Crippen molar-refractivity contribution in [2.75, 3.05) is 26.1 Å². The van der Waals surface area contributed by atoms with Crippen LogP contribution < -0.4 is 24.3 Å². The van der Waals surface area contributed by atoms with Gasteiger partial charge in [-0.3, -0.25) is 4.79 Å². The Morgan fingerprint density at radius 2 is 1.54 bits per heavy atom. The lowest BCUT2D eigenvalue weighted by Gasteiger charge is -2.11. The van der Waals surface area contributed by atoms with Crippen LogP contribution in [0.1, 0.15) is 48.5 Å². The van der Waals surface area contributed by atoms with Crippen molar-refractivity contribution >= 4 is 23.6 Å². The second-order valence-corrected chi connectivity index (χ2v) is 8.28. The van der Waals surface area contributed by atoms with Gasteiger partial charge in [0.05, 0.1) is 20.8 Å². The molecule has 0 saturated heterocycles. The van der Waals surface area contributed by atoms with Gasteiger partial charge in [0.15, 0.2) is 11.5 Å². The zero-order chi connectivity index (χ0) is 26.5. The largest absolute Gasteiger partial charge is 0.497 e. The third-order valence-electron chi connectivity index (χ3n) is 5.54. The smallest absolute Gasteiger partial charge is 0.336 e. The quantitative estimate of drug-likeness (QED) is 0.124. The number of anilines is 1. The fourth-order valence-corrected chi connectivity index (χ4v) is 3.48. The van der Waals surface area contributed by atoms with Crippen molar-refractivity contribution in [3.63, 3.8) is 0 Å². The zero-order valence-electron chi connectivity index (χ0n) is 21.5. The molecule has 0 heterocycles. The Kier molecular flexibility index (Phi) is 10.6. The molecule has 0 unspecified atom stereocenters. The van der Waals surface area contributed by atoms with Gasteiger partial charge in [-0.2, -0.15) is 0 Å². The molecule has 0 fully saturated rings. The zero-order valence-corrected chi connectivity index (χ0v) is 21.5. The molecule has 0 saturated carbocycles. The van der Waals surface area contributed by atoms with Gasteiger partial charge in [-0.15, -0.1) is 0 Å².